The van der Waals surface area contributed by atoms with Gasteiger partial charge in [-0.15, -0.1) is 0 Å². The lowest BCUT2D eigenvalue weighted by Gasteiger charge is -2.24. The number of carbonyl (C=O) groups is 1. The SMILES string of the molecule is Cc1cc(C)c(C(=O)OP(=O)(OC(C)C)C(C)C)c(C)c1. The Balaban J connectivity index is 3.12. The van der Waals surface area contributed by atoms with Crippen molar-refractivity contribution >= 4 is 13.6 Å². The minimum Gasteiger partial charge on any atom is -0.388 e. The summed E-state index contributed by atoms with van der Waals surface area (Å²) in [6.07, 6.45) is -0.272. The van der Waals surface area contributed by atoms with Crippen LogP contribution in [0.5, 0.6) is 0 Å². The Morgan fingerprint density at radius 2 is 1.52 bits per heavy atom. The van der Waals surface area contributed by atoms with Crippen molar-refractivity contribution in [3.8, 4) is 0 Å². The van der Waals surface area contributed by atoms with Gasteiger partial charge < -0.3 is 4.52 Å². The Morgan fingerprint density at radius 1 is 1.05 bits per heavy atom. The van der Waals surface area contributed by atoms with Crippen LogP contribution in [0.1, 0.15) is 54.7 Å². The molecule has 1 unspecified atom stereocenters. The highest BCUT2D eigenvalue weighted by atomic mass is 31.2. The number of hydrogen-bond acceptors (Lipinski definition) is 4. The van der Waals surface area contributed by atoms with E-state index in [1.165, 1.54) is 0 Å². The maximum Gasteiger partial charge on any atom is 0.384 e. The van der Waals surface area contributed by atoms with Gasteiger partial charge in [0.05, 0.1) is 17.3 Å². The lowest BCUT2D eigenvalue weighted by molar-refractivity contribution is 0.0675. The third kappa shape index (κ3) is 4.42. The van der Waals surface area contributed by atoms with Crippen molar-refractivity contribution in [2.45, 2.75) is 60.2 Å². The average molecular weight is 312 g/mol. The van der Waals surface area contributed by atoms with Crippen molar-refractivity contribution < 1.29 is 18.4 Å². The van der Waals surface area contributed by atoms with Crippen molar-refractivity contribution in [3.63, 3.8) is 0 Å². The Bertz CT molecular complexity index is 553. The maximum atomic E-state index is 12.7. The molecule has 21 heavy (non-hydrogen) atoms. The first-order valence-corrected chi connectivity index (χ1v) is 8.78. The first-order valence-electron chi connectivity index (χ1n) is 7.16. The average Bonchev–Trinajstić information content (AvgIpc) is 2.25. The largest absolute Gasteiger partial charge is 0.388 e. The van der Waals surface area contributed by atoms with E-state index in [1.807, 2.05) is 32.9 Å². The Kier molecular flexibility index (Phi) is 5.77. The van der Waals surface area contributed by atoms with Crippen LogP contribution in [0.2, 0.25) is 0 Å². The first kappa shape index (κ1) is 17.9. The highest BCUT2D eigenvalue weighted by Crippen LogP contribution is 2.54. The molecule has 4 nitrogen and oxygen atoms in total. The molecule has 0 aliphatic rings. The number of carbonyl (C=O) groups excluding carboxylic acids is 1. The van der Waals surface area contributed by atoms with Gasteiger partial charge in [-0.25, -0.2) is 9.36 Å². The Morgan fingerprint density at radius 3 is 1.90 bits per heavy atom. The standard InChI is InChI=1S/C16H25O4P/c1-10(2)19-21(18,11(3)4)20-16(17)15-13(6)8-12(5)9-14(15)7/h8-11H,1-7H3. The summed E-state index contributed by atoms with van der Waals surface area (Å²) in [5.74, 6) is -0.581. The van der Waals surface area contributed by atoms with E-state index in [2.05, 4.69) is 0 Å². The lowest BCUT2D eigenvalue weighted by atomic mass is 10.0. The van der Waals surface area contributed by atoms with Gasteiger partial charge in [-0.2, -0.15) is 0 Å². The van der Waals surface area contributed by atoms with Crippen LogP contribution in [-0.4, -0.2) is 17.7 Å². The molecule has 0 radical (unpaired) electrons. The predicted molar refractivity (Wildman–Crippen MR) is 85.0 cm³/mol. The van der Waals surface area contributed by atoms with E-state index in [4.69, 9.17) is 9.05 Å². The zero-order valence-electron chi connectivity index (χ0n) is 13.9. The molecule has 1 aromatic carbocycles. The summed E-state index contributed by atoms with van der Waals surface area (Å²) in [4.78, 5) is 12.4. The van der Waals surface area contributed by atoms with Gasteiger partial charge in [-0.05, 0) is 45.7 Å². The molecule has 0 aromatic heterocycles. The minimum absolute atomic E-state index is 0.272. The molecule has 1 aromatic rings. The molecule has 0 saturated heterocycles. The van der Waals surface area contributed by atoms with Crippen molar-refractivity contribution in [1.29, 1.82) is 0 Å². The summed E-state index contributed by atoms with van der Waals surface area (Å²) in [5.41, 5.74) is 2.80. The zero-order chi connectivity index (χ0) is 16.4. The van der Waals surface area contributed by atoms with Gasteiger partial charge in [0.1, 0.15) is 0 Å². The summed E-state index contributed by atoms with van der Waals surface area (Å²) in [6, 6.07) is 3.82. The number of hydrogen-bond donors (Lipinski definition) is 0. The second-order valence-electron chi connectivity index (χ2n) is 5.94. The quantitative estimate of drug-likeness (QED) is 0.733. The fourth-order valence-corrected chi connectivity index (χ4v) is 3.61. The molecule has 0 spiro atoms. The monoisotopic (exact) mass is 312 g/mol. The summed E-state index contributed by atoms with van der Waals surface area (Å²) >= 11 is 0. The van der Waals surface area contributed by atoms with E-state index in [-0.39, 0.29) is 11.8 Å². The molecule has 1 rings (SSSR count). The molecule has 0 saturated carbocycles. The van der Waals surface area contributed by atoms with E-state index >= 15 is 0 Å². The van der Waals surface area contributed by atoms with Crippen LogP contribution in [0.3, 0.4) is 0 Å². The third-order valence-electron chi connectivity index (χ3n) is 3.08. The van der Waals surface area contributed by atoms with Crippen LogP contribution in [-0.2, 0) is 13.6 Å². The fraction of sp³-hybridized carbons (Fsp3) is 0.562. The lowest BCUT2D eigenvalue weighted by Crippen LogP contribution is -2.16. The normalized spacial score (nSPS) is 14.3. The van der Waals surface area contributed by atoms with Gasteiger partial charge in [0.2, 0.25) is 0 Å². The summed E-state index contributed by atoms with van der Waals surface area (Å²) in [7, 11) is -3.47. The highest BCUT2D eigenvalue weighted by molar-refractivity contribution is 7.55. The first-order chi connectivity index (χ1) is 9.56. The molecule has 5 heteroatoms. The van der Waals surface area contributed by atoms with Crippen molar-refractivity contribution in [2.75, 3.05) is 0 Å². The van der Waals surface area contributed by atoms with Gasteiger partial charge in [0.25, 0.3) is 0 Å². The topological polar surface area (TPSA) is 52.6 Å². The van der Waals surface area contributed by atoms with Crippen molar-refractivity contribution in [2.24, 2.45) is 0 Å². The number of rotatable bonds is 5. The summed E-state index contributed by atoms with van der Waals surface area (Å²) in [6.45, 7) is 12.7. The number of benzene rings is 1. The summed E-state index contributed by atoms with van der Waals surface area (Å²) < 4.78 is 23.4. The molecule has 0 aliphatic heterocycles. The van der Waals surface area contributed by atoms with E-state index in [1.54, 1.807) is 27.7 Å². The van der Waals surface area contributed by atoms with Crippen LogP contribution in [0.4, 0.5) is 0 Å². The van der Waals surface area contributed by atoms with Gasteiger partial charge >= 0.3 is 13.6 Å². The van der Waals surface area contributed by atoms with E-state index in [9.17, 15) is 9.36 Å². The zero-order valence-corrected chi connectivity index (χ0v) is 14.8. The van der Waals surface area contributed by atoms with Crippen LogP contribution in [0.25, 0.3) is 0 Å². The Labute approximate surface area is 127 Å². The molecule has 0 bridgehead atoms. The second kappa shape index (κ2) is 6.76. The highest BCUT2D eigenvalue weighted by Gasteiger charge is 2.35. The Hall–Kier alpha value is -1.12. The van der Waals surface area contributed by atoms with Gasteiger partial charge in [0, 0.05) is 0 Å². The van der Waals surface area contributed by atoms with E-state index in [0.717, 1.165) is 16.7 Å². The third-order valence-corrected chi connectivity index (χ3v) is 5.48. The smallest absolute Gasteiger partial charge is 0.384 e. The summed E-state index contributed by atoms with van der Waals surface area (Å²) in [5, 5.41) is 0. The molecule has 1 atom stereocenters. The fourth-order valence-electron chi connectivity index (χ4n) is 2.21. The van der Waals surface area contributed by atoms with Crippen LogP contribution < -0.4 is 0 Å². The van der Waals surface area contributed by atoms with Crippen LogP contribution in [0, 0.1) is 20.8 Å². The van der Waals surface area contributed by atoms with Gasteiger partial charge in [0.15, 0.2) is 0 Å². The molecule has 0 fully saturated rings. The van der Waals surface area contributed by atoms with Gasteiger partial charge in [-0.1, -0.05) is 31.5 Å². The number of aryl methyl sites for hydroxylation is 3. The molecular formula is C16H25O4P. The predicted octanol–water partition coefficient (Wildman–Crippen LogP) is 4.80. The van der Waals surface area contributed by atoms with E-state index in [0.29, 0.717) is 5.56 Å². The molecular weight excluding hydrogens is 287 g/mol. The molecule has 118 valence electrons. The molecule has 0 heterocycles. The second-order valence-corrected chi connectivity index (χ2v) is 8.45. The van der Waals surface area contributed by atoms with Crippen LogP contribution >= 0.6 is 7.60 Å². The van der Waals surface area contributed by atoms with Gasteiger partial charge in [-0.3, -0.25) is 4.52 Å². The van der Waals surface area contributed by atoms with Crippen molar-refractivity contribution in [3.05, 3.63) is 34.4 Å². The van der Waals surface area contributed by atoms with Crippen LogP contribution in [0.15, 0.2) is 12.1 Å². The molecule has 0 N–H and O–H groups in total. The van der Waals surface area contributed by atoms with Crippen molar-refractivity contribution in [1.82, 2.24) is 0 Å². The minimum atomic E-state index is -3.47. The van der Waals surface area contributed by atoms with E-state index < -0.39 is 13.6 Å². The molecule has 0 amide bonds. The maximum absolute atomic E-state index is 12.7. The molecule has 0 aliphatic carbocycles.